The summed E-state index contributed by atoms with van der Waals surface area (Å²) in [6, 6.07) is 9.59. The molecule has 100 valence electrons. The smallest absolute Gasteiger partial charge is 0.0991 e. The predicted molar refractivity (Wildman–Crippen MR) is 74.5 cm³/mol. The van der Waals surface area contributed by atoms with Gasteiger partial charge in [-0.3, -0.25) is 4.90 Å². The molecule has 0 saturated carbocycles. The van der Waals surface area contributed by atoms with E-state index in [2.05, 4.69) is 11.0 Å². The highest BCUT2D eigenvalue weighted by molar-refractivity contribution is 5.83. The summed E-state index contributed by atoms with van der Waals surface area (Å²) in [5.74, 6) is 0. The van der Waals surface area contributed by atoms with Gasteiger partial charge in [-0.05, 0) is 24.1 Å². The molecule has 0 amide bonds. The van der Waals surface area contributed by atoms with E-state index in [4.69, 9.17) is 15.4 Å². The Hall–Kier alpha value is -1.70. The van der Waals surface area contributed by atoms with E-state index in [0.717, 1.165) is 50.5 Å². The Kier molecular flexibility index (Phi) is 5.08. The first kappa shape index (κ1) is 13.7. The van der Waals surface area contributed by atoms with Crippen LogP contribution in [0.2, 0.25) is 0 Å². The van der Waals surface area contributed by atoms with E-state index in [0.29, 0.717) is 12.0 Å². The second-order valence-corrected chi connectivity index (χ2v) is 4.79. The van der Waals surface area contributed by atoms with Crippen LogP contribution in [-0.4, -0.2) is 43.5 Å². The molecule has 0 spiro atoms. The molecule has 2 rings (SSSR count). The van der Waals surface area contributed by atoms with E-state index in [9.17, 15) is 0 Å². The molecular weight excluding hydrogens is 238 g/mol. The average molecular weight is 257 g/mol. The average Bonchev–Trinajstić information content (AvgIpc) is 2.47. The zero-order chi connectivity index (χ0) is 13.5. The van der Waals surface area contributed by atoms with Crippen molar-refractivity contribution < 1.29 is 4.74 Å². The molecule has 1 aromatic rings. The van der Waals surface area contributed by atoms with Crippen molar-refractivity contribution in [1.82, 2.24) is 4.90 Å². The van der Waals surface area contributed by atoms with Crippen molar-refractivity contribution in [3.8, 4) is 6.07 Å². The van der Waals surface area contributed by atoms with Crippen LogP contribution in [0.5, 0.6) is 0 Å². The van der Waals surface area contributed by atoms with Crippen LogP contribution in [0.15, 0.2) is 24.3 Å². The molecule has 1 aliphatic rings. The van der Waals surface area contributed by atoms with Gasteiger partial charge in [0, 0.05) is 31.8 Å². The number of nitriles is 1. The van der Waals surface area contributed by atoms with Gasteiger partial charge >= 0.3 is 0 Å². The first-order chi connectivity index (χ1) is 9.28. The molecule has 0 unspecified atom stereocenters. The maximum Gasteiger partial charge on any atom is 0.0991 e. The molecule has 1 fully saturated rings. The van der Waals surface area contributed by atoms with Crippen molar-refractivity contribution in [2.45, 2.75) is 12.8 Å². The first-order valence-electron chi connectivity index (χ1n) is 6.63. The lowest BCUT2D eigenvalue weighted by Crippen LogP contribution is -2.37. The largest absolute Gasteiger partial charge is 0.379 e. The summed E-state index contributed by atoms with van der Waals surface area (Å²) in [6.07, 6.45) is 1.48. The van der Waals surface area contributed by atoms with E-state index in [1.165, 1.54) is 0 Å². The number of nitrogens with one attached hydrogen (secondary N) is 1. The number of benzene rings is 1. The highest BCUT2D eigenvalue weighted by atomic mass is 16.5. The minimum Gasteiger partial charge on any atom is -0.379 e. The standard InChI is InChI=1S/C15H19N3O/c16-12-14-3-1-13(2-4-14)11-15(17)5-6-18-7-9-19-10-8-18/h1-4,17H,5-11H2. The van der Waals surface area contributed by atoms with Crippen molar-refractivity contribution >= 4 is 5.71 Å². The van der Waals surface area contributed by atoms with Gasteiger partial charge in [0.05, 0.1) is 24.8 Å². The van der Waals surface area contributed by atoms with Gasteiger partial charge in [-0.25, -0.2) is 0 Å². The van der Waals surface area contributed by atoms with Crippen LogP contribution in [0.25, 0.3) is 0 Å². The molecule has 4 heteroatoms. The highest BCUT2D eigenvalue weighted by Gasteiger charge is 2.10. The fraction of sp³-hybridized carbons (Fsp3) is 0.467. The molecule has 4 nitrogen and oxygen atoms in total. The minimum absolute atomic E-state index is 0.670. The lowest BCUT2D eigenvalue weighted by atomic mass is 10.0. The van der Waals surface area contributed by atoms with Crippen molar-refractivity contribution in [2.24, 2.45) is 0 Å². The van der Waals surface area contributed by atoms with Crippen LogP contribution in [0, 0.1) is 16.7 Å². The summed E-state index contributed by atoms with van der Waals surface area (Å²) in [6.45, 7) is 4.51. The highest BCUT2D eigenvalue weighted by Crippen LogP contribution is 2.07. The van der Waals surface area contributed by atoms with Gasteiger partial charge in [-0.2, -0.15) is 5.26 Å². The number of hydrogen-bond donors (Lipinski definition) is 1. The van der Waals surface area contributed by atoms with Gasteiger partial charge in [0.2, 0.25) is 0 Å². The Morgan fingerprint density at radius 3 is 2.58 bits per heavy atom. The molecule has 0 aliphatic carbocycles. The monoisotopic (exact) mass is 257 g/mol. The number of hydrogen-bond acceptors (Lipinski definition) is 4. The normalized spacial score (nSPS) is 15.9. The zero-order valence-electron chi connectivity index (χ0n) is 11.1. The Bertz CT molecular complexity index is 455. The molecule has 1 heterocycles. The van der Waals surface area contributed by atoms with Crippen LogP contribution < -0.4 is 0 Å². The third-order valence-corrected chi connectivity index (χ3v) is 3.33. The molecule has 0 atom stereocenters. The van der Waals surface area contributed by atoms with Crippen LogP contribution >= 0.6 is 0 Å². The van der Waals surface area contributed by atoms with Gasteiger partial charge in [0.15, 0.2) is 0 Å². The molecule has 1 aromatic carbocycles. The third-order valence-electron chi connectivity index (χ3n) is 3.33. The zero-order valence-corrected chi connectivity index (χ0v) is 11.1. The van der Waals surface area contributed by atoms with Gasteiger partial charge in [0.25, 0.3) is 0 Å². The Balaban J connectivity index is 1.75. The van der Waals surface area contributed by atoms with Crippen molar-refractivity contribution in [1.29, 1.82) is 10.7 Å². The fourth-order valence-electron chi connectivity index (χ4n) is 2.15. The quantitative estimate of drug-likeness (QED) is 0.819. The van der Waals surface area contributed by atoms with Crippen molar-refractivity contribution in [3.05, 3.63) is 35.4 Å². The van der Waals surface area contributed by atoms with Gasteiger partial charge in [-0.1, -0.05) is 12.1 Å². The van der Waals surface area contributed by atoms with Crippen molar-refractivity contribution in [2.75, 3.05) is 32.8 Å². The fourth-order valence-corrected chi connectivity index (χ4v) is 2.15. The maximum absolute atomic E-state index is 8.73. The lowest BCUT2D eigenvalue weighted by molar-refractivity contribution is 0.0391. The Morgan fingerprint density at radius 1 is 1.26 bits per heavy atom. The van der Waals surface area contributed by atoms with E-state index in [1.54, 1.807) is 0 Å². The summed E-state index contributed by atoms with van der Waals surface area (Å²) in [5.41, 5.74) is 2.52. The Morgan fingerprint density at radius 2 is 1.95 bits per heavy atom. The van der Waals surface area contributed by atoms with Crippen LogP contribution in [0.3, 0.4) is 0 Å². The number of ether oxygens (including phenoxy) is 1. The number of rotatable bonds is 5. The van der Waals surface area contributed by atoms with E-state index < -0.39 is 0 Å². The lowest BCUT2D eigenvalue weighted by Gasteiger charge is -2.26. The van der Waals surface area contributed by atoms with E-state index in [-0.39, 0.29) is 0 Å². The van der Waals surface area contributed by atoms with Crippen LogP contribution in [0.4, 0.5) is 0 Å². The van der Waals surface area contributed by atoms with E-state index >= 15 is 0 Å². The molecular formula is C15H19N3O. The molecule has 1 saturated heterocycles. The second kappa shape index (κ2) is 7.03. The summed E-state index contributed by atoms with van der Waals surface area (Å²) < 4.78 is 5.30. The summed E-state index contributed by atoms with van der Waals surface area (Å²) in [4.78, 5) is 2.34. The van der Waals surface area contributed by atoms with Gasteiger partial charge in [-0.15, -0.1) is 0 Å². The van der Waals surface area contributed by atoms with E-state index in [1.807, 2.05) is 24.3 Å². The molecule has 0 radical (unpaired) electrons. The van der Waals surface area contributed by atoms with Gasteiger partial charge < -0.3 is 10.1 Å². The maximum atomic E-state index is 8.73. The molecule has 0 aromatic heterocycles. The molecule has 19 heavy (non-hydrogen) atoms. The topological polar surface area (TPSA) is 60.1 Å². The van der Waals surface area contributed by atoms with Gasteiger partial charge in [0.1, 0.15) is 0 Å². The number of nitrogens with zero attached hydrogens (tertiary/aromatic N) is 2. The third kappa shape index (κ3) is 4.47. The summed E-state index contributed by atoms with van der Waals surface area (Å²) in [5, 5.41) is 16.8. The number of morpholine rings is 1. The summed E-state index contributed by atoms with van der Waals surface area (Å²) >= 11 is 0. The first-order valence-corrected chi connectivity index (χ1v) is 6.63. The van der Waals surface area contributed by atoms with Crippen LogP contribution in [0.1, 0.15) is 17.5 Å². The SMILES string of the molecule is N#Cc1ccc(CC(=N)CCN2CCOCC2)cc1. The second-order valence-electron chi connectivity index (χ2n) is 4.79. The minimum atomic E-state index is 0.670. The molecule has 1 N–H and O–H groups in total. The predicted octanol–water partition coefficient (Wildman–Crippen LogP) is 1.84. The van der Waals surface area contributed by atoms with Crippen molar-refractivity contribution in [3.63, 3.8) is 0 Å². The molecule has 1 aliphatic heterocycles. The summed E-state index contributed by atoms with van der Waals surface area (Å²) in [7, 11) is 0. The Labute approximate surface area is 114 Å². The molecule has 0 bridgehead atoms. The van der Waals surface area contributed by atoms with Crippen LogP contribution in [-0.2, 0) is 11.2 Å².